The number of rotatable bonds is 3. The summed E-state index contributed by atoms with van der Waals surface area (Å²) in [5, 5.41) is 10.1. The van der Waals surface area contributed by atoms with Gasteiger partial charge in [0, 0.05) is 28.9 Å². The first kappa shape index (κ1) is 13.2. The fourth-order valence-corrected chi connectivity index (χ4v) is 4.56. The average Bonchev–Trinajstić information content (AvgIpc) is 2.35. The third-order valence-electron chi connectivity index (χ3n) is 2.71. The monoisotopic (exact) mass is 276 g/mol. The molecule has 1 heterocycles. The fourth-order valence-electron chi connectivity index (χ4n) is 1.78. The van der Waals surface area contributed by atoms with Crippen molar-refractivity contribution in [3.8, 4) is 0 Å². The molecule has 0 radical (unpaired) electrons. The molecule has 0 saturated carbocycles. The number of benzene rings is 1. The van der Waals surface area contributed by atoms with Gasteiger partial charge in [0.1, 0.15) is 11.6 Å². The molecule has 1 aromatic rings. The van der Waals surface area contributed by atoms with E-state index >= 15 is 0 Å². The summed E-state index contributed by atoms with van der Waals surface area (Å²) in [4.78, 5) is 0. The highest BCUT2D eigenvalue weighted by Gasteiger charge is 2.23. The van der Waals surface area contributed by atoms with E-state index in [-0.39, 0.29) is 17.2 Å². The van der Waals surface area contributed by atoms with Gasteiger partial charge in [-0.1, -0.05) is 0 Å². The number of hydrogen-bond donors (Lipinski definition) is 1. The molecule has 94 valence electrons. The standard InChI is InChI=1S/C12H14F2OS2/c13-9-1-2-10(14)8(5-9)6-11(15)12-7-16-3-4-17-12/h1-2,5,11-12,15H,3-4,6-7H2. The predicted octanol–water partition coefficient (Wildman–Crippen LogP) is 2.72. The van der Waals surface area contributed by atoms with Crippen LogP contribution in [0.4, 0.5) is 8.78 Å². The van der Waals surface area contributed by atoms with Crippen molar-refractivity contribution in [2.24, 2.45) is 0 Å². The van der Waals surface area contributed by atoms with Crippen LogP contribution in [0.25, 0.3) is 0 Å². The van der Waals surface area contributed by atoms with Gasteiger partial charge in [-0.2, -0.15) is 23.5 Å². The Morgan fingerprint density at radius 3 is 2.88 bits per heavy atom. The van der Waals surface area contributed by atoms with Crippen molar-refractivity contribution in [1.29, 1.82) is 0 Å². The first-order valence-electron chi connectivity index (χ1n) is 5.48. The van der Waals surface area contributed by atoms with E-state index in [0.29, 0.717) is 0 Å². The van der Waals surface area contributed by atoms with Crippen LogP contribution in [0.15, 0.2) is 18.2 Å². The fraction of sp³-hybridized carbons (Fsp3) is 0.500. The molecule has 2 rings (SSSR count). The van der Waals surface area contributed by atoms with Gasteiger partial charge in [-0.05, 0) is 23.8 Å². The molecule has 1 aliphatic heterocycles. The summed E-state index contributed by atoms with van der Waals surface area (Å²) in [5.74, 6) is 2.08. The smallest absolute Gasteiger partial charge is 0.126 e. The van der Waals surface area contributed by atoms with Gasteiger partial charge in [0.05, 0.1) is 6.10 Å². The lowest BCUT2D eigenvalue weighted by molar-refractivity contribution is 0.176. The van der Waals surface area contributed by atoms with E-state index in [2.05, 4.69) is 0 Å². The largest absolute Gasteiger partial charge is 0.392 e. The van der Waals surface area contributed by atoms with Crippen molar-refractivity contribution in [3.63, 3.8) is 0 Å². The Morgan fingerprint density at radius 2 is 2.18 bits per heavy atom. The van der Waals surface area contributed by atoms with E-state index in [4.69, 9.17) is 0 Å². The van der Waals surface area contributed by atoms with Gasteiger partial charge in [-0.25, -0.2) is 8.78 Å². The van der Waals surface area contributed by atoms with Gasteiger partial charge in [0.25, 0.3) is 0 Å². The highest BCUT2D eigenvalue weighted by atomic mass is 32.2. The first-order chi connectivity index (χ1) is 8.16. The van der Waals surface area contributed by atoms with Crippen LogP contribution < -0.4 is 0 Å². The molecular formula is C12H14F2OS2. The zero-order chi connectivity index (χ0) is 12.3. The molecule has 2 unspecified atom stereocenters. The number of thioether (sulfide) groups is 2. The maximum absolute atomic E-state index is 13.4. The van der Waals surface area contributed by atoms with E-state index in [0.717, 1.165) is 29.4 Å². The number of halogens is 2. The van der Waals surface area contributed by atoms with Gasteiger partial charge in [-0.15, -0.1) is 0 Å². The van der Waals surface area contributed by atoms with Crippen LogP contribution in [-0.4, -0.2) is 33.7 Å². The lowest BCUT2D eigenvalue weighted by Gasteiger charge is -2.25. The van der Waals surface area contributed by atoms with E-state index in [9.17, 15) is 13.9 Å². The second kappa shape index (κ2) is 6.07. The van der Waals surface area contributed by atoms with Crippen LogP contribution in [0.2, 0.25) is 0 Å². The van der Waals surface area contributed by atoms with Crippen LogP contribution >= 0.6 is 23.5 Å². The molecule has 0 aliphatic carbocycles. The number of aliphatic hydroxyl groups excluding tert-OH is 1. The Bertz CT molecular complexity index is 381. The van der Waals surface area contributed by atoms with E-state index < -0.39 is 17.7 Å². The van der Waals surface area contributed by atoms with Crippen molar-refractivity contribution in [2.75, 3.05) is 17.3 Å². The van der Waals surface area contributed by atoms with Crippen molar-refractivity contribution in [3.05, 3.63) is 35.4 Å². The molecule has 0 aromatic heterocycles. The Kier molecular flexibility index (Phi) is 4.70. The van der Waals surface area contributed by atoms with Crippen molar-refractivity contribution in [2.45, 2.75) is 17.8 Å². The summed E-state index contributed by atoms with van der Waals surface area (Å²) in [7, 11) is 0. The molecule has 0 bridgehead atoms. The maximum Gasteiger partial charge on any atom is 0.126 e. The van der Waals surface area contributed by atoms with E-state index in [1.807, 2.05) is 0 Å². The van der Waals surface area contributed by atoms with Crippen molar-refractivity contribution >= 4 is 23.5 Å². The summed E-state index contributed by atoms with van der Waals surface area (Å²) < 4.78 is 26.4. The molecule has 5 heteroatoms. The van der Waals surface area contributed by atoms with Crippen molar-refractivity contribution < 1.29 is 13.9 Å². The highest BCUT2D eigenvalue weighted by molar-refractivity contribution is 8.06. The molecule has 2 atom stereocenters. The third-order valence-corrected chi connectivity index (χ3v) is 5.61. The highest BCUT2D eigenvalue weighted by Crippen LogP contribution is 2.28. The number of hydrogen-bond acceptors (Lipinski definition) is 3. The number of aliphatic hydroxyl groups is 1. The van der Waals surface area contributed by atoms with Gasteiger partial charge >= 0.3 is 0 Å². The zero-order valence-electron chi connectivity index (χ0n) is 9.23. The topological polar surface area (TPSA) is 20.2 Å². The Morgan fingerprint density at radius 1 is 1.35 bits per heavy atom. The Hall–Kier alpha value is -0.260. The van der Waals surface area contributed by atoms with Gasteiger partial charge in [0.15, 0.2) is 0 Å². The summed E-state index contributed by atoms with van der Waals surface area (Å²) in [6.45, 7) is 0. The Labute approximate surface area is 108 Å². The van der Waals surface area contributed by atoms with E-state index in [1.54, 1.807) is 23.5 Å². The zero-order valence-corrected chi connectivity index (χ0v) is 10.9. The van der Waals surface area contributed by atoms with E-state index in [1.165, 1.54) is 6.07 Å². The molecule has 0 spiro atoms. The summed E-state index contributed by atoms with van der Waals surface area (Å²) in [5.41, 5.74) is 0.258. The lowest BCUT2D eigenvalue weighted by atomic mass is 10.1. The molecule has 1 N–H and O–H groups in total. The summed E-state index contributed by atoms with van der Waals surface area (Å²) >= 11 is 3.51. The van der Waals surface area contributed by atoms with Gasteiger partial charge < -0.3 is 5.11 Å². The molecule has 1 aliphatic rings. The molecule has 1 nitrogen and oxygen atoms in total. The Balaban J connectivity index is 2.01. The van der Waals surface area contributed by atoms with Crippen LogP contribution in [0.1, 0.15) is 5.56 Å². The minimum absolute atomic E-state index is 0.122. The summed E-state index contributed by atoms with van der Waals surface area (Å²) in [6, 6.07) is 3.37. The average molecular weight is 276 g/mol. The van der Waals surface area contributed by atoms with Crippen LogP contribution in [0, 0.1) is 11.6 Å². The molecule has 1 aromatic carbocycles. The first-order valence-corrected chi connectivity index (χ1v) is 7.68. The minimum atomic E-state index is -0.607. The SMILES string of the molecule is OC(Cc1cc(F)ccc1F)C1CSCCS1. The van der Waals surface area contributed by atoms with Gasteiger partial charge in [0.2, 0.25) is 0 Å². The minimum Gasteiger partial charge on any atom is -0.392 e. The predicted molar refractivity (Wildman–Crippen MR) is 69.6 cm³/mol. The summed E-state index contributed by atoms with van der Waals surface area (Å²) in [6.07, 6.45) is -0.425. The van der Waals surface area contributed by atoms with Crippen LogP contribution in [-0.2, 0) is 6.42 Å². The normalized spacial score (nSPS) is 22.4. The molecule has 1 fully saturated rings. The molecule has 0 amide bonds. The molecule has 17 heavy (non-hydrogen) atoms. The second-order valence-electron chi connectivity index (χ2n) is 3.99. The van der Waals surface area contributed by atoms with Crippen LogP contribution in [0.3, 0.4) is 0 Å². The van der Waals surface area contributed by atoms with Crippen LogP contribution in [0.5, 0.6) is 0 Å². The molecular weight excluding hydrogens is 262 g/mol. The second-order valence-corrected chi connectivity index (χ2v) is 6.49. The maximum atomic E-state index is 13.4. The quantitative estimate of drug-likeness (QED) is 0.916. The lowest BCUT2D eigenvalue weighted by Crippen LogP contribution is -2.30. The van der Waals surface area contributed by atoms with Crippen molar-refractivity contribution in [1.82, 2.24) is 0 Å². The van der Waals surface area contributed by atoms with Gasteiger partial charge in [-0.3, -0.25) is 0 Å². The molecule has 1 saturated heterocycles. The third kappa shape index (κ3) is 3.60.